The fourth-order valence-electron chi connectivity index (χ4n) is 1.59. The van der Waals surface area contributed by atoms with Crippen LogP contribution in [0.2, 0.25) is 0 Å². The summed E-state index contributed by atoms with van der Waals surface area (Å²) in [5.41, 5.74) is 6.06. The Morgan fingerprint density at radius 2 is 2.19 bits per heavy atom. The van der Waals surface area contributed by atoms with Gasteiger partial charge in [-0.25, -0.2) is 4.98 Å². The zero-order valence-electron chi connectivity index (χ0n) is 8.50. The molecule has 0 saturated heterocycles. The van der Waals surface area contributed by atoms with E-state index in [1.54, 1.807) is 5.38 Å². The molecule has 2 N–H and O–H groups in total. The maximum absolute atomic E-state index is 12.3. The second kappa shape index (κ2) is 4.21. The molecule has 0 radical (unpaired) electrons. The van der Waals surface area contributed by atoms with Crippen LogP contribution in [0.4, 0.5) is 18.3 Å². The zero-order valence-corrected chi connectivity index (χ0v) is 9.31. The normalized spacial score (nSPS) is 17.0. The summed E-state index contributed by atoms with van der Waals surface area (Å²) in [5, 5.41) is 2.11. The molecule has 90 valence electrons. The van der Waals surface area contributed by atoms with Crippen LogP contribution in [0.3, 0.4) is 0 Å². The summed E-state index contributed by atoms with van der Waals surface area (Å²) >= 11 is 1.26. The third-order valence-corrected chi connectivity index (χ3v) is 3.10. The fourth-order valence-corrected chi connectivity index (χ4v) is 2.14. The second-order valence-corrected chi connectivity index (χ2v) is 4.82. The first kappa shape index (κ1) is 11.7. The monoisotopic (exact) mass is 251 g/mol. The molecule has 16 heavy (non-hydrogen) atoms. The van der Waals surface area contributed by atoms with Gasteiger partial charge in [0.05, 0.1) is 12.2 Å². The summed E-state index contributed by atoms with van der Waals surface area (Å²) in [6, 6.07) is 0.0598. The number of nitrogen functional groups attached to an aromatic ring is 1. The van der Waals surface area contributed by atoms with Crippen LogP contribution in [0.1, 0.15) is 18.5 Å². The van der Waals surface area contributed by atoms with E-state index in [4.69, 9.17) is 5.73 Å². The maximum Gasteiger partial charge on any atom is 0.401 e. The summed E-state index contributed by atoms with van der Waals surface area (Å²) in [6.45, 7) is -0.632. The number of hydrogen-bond acceptors (Lipinski definition) is 4. The van der Waals surface area contributed by atoms with E-state index < -0.39 is 12.7 Å². The zero-order chi connectivity index (χ0) is 11.8. The largest absolute Gasteiger partial charge is 0.401 e. The molecule has 1 aromatic rings. The first-order valence-corrected chi connectivity index (χ1v) is 5.83. The summed E-state index contributed by atoms with van der Waals surface area (Å²) in [4.78, 5) is 5.40. The van der Waals surface area contributed by atoms with Crippen molar-refractivity contribution in [3.8, 4) is 0 Å². The number of rotatable bonds is 4. The Kier molecular flexibility index (Phi) is 3.07. The van der Waals surface area contributed by atoms with Gasteiger partial charge in [-0.15, -0.1) is 11.3 Å². The van der Waals surface area contributed by atoms with Gasteiger partial charge < -0.3 is 5.73 Å². The molecular formula is C9H12F3N3S. The number of thiazole rings is 1. The van der Waals surface area contributed by atoms with E-state index in [-0.39, 0.29) is 12.6 Å². The van der Waals surface area contributed by atoms with Gasteiger partial charge in [0.15, 0.2) is 5.13 Å². The molecule has 0 aromatic carbocycles. The van der Waals surface area contributed by atoms with Crippen molar-refractivity contribution in [2.24, 2.45) is 0 Å². The van der Waals surface area contributed by atoms with Gasteiger partial charge in [0.25, 0.3) is 0 Å². The van der Waals surface area contributed by atoms with Crippen molar-refractivity contribution in [2.75, 3.05) is 12.3 Å². The van der Waals surface area contributed by atoms with Crippen LogP contribution in [0, 0.1) is 0 Å². The Bertz CT molecular complexity index is 359. The molecule has 0 bridgehead atoms. The van der Waals surface area contributed by atoms with Crippen LogP contribution in [0.15, 0.2) is 5.38 Å². The number of halogens is 3. The smallest absolute Gasteiger partial charge is 0.375 e. The fraction of sp³-hybridized carbons (Fsp3) is 0.667. The molecule has 1 heterocycles. The maximum atomic E-state index is 12.3. The van der Waals surface area contributed by atoms with E-state index in [0.717, 1.165) is 12.8 Å². The number of alkyl halides is 3. The second-order valence-electron chi connectivity index (χ2n) is 3.93. The van der Waals surface area contributed by atoms with E-state index in [1.807, 2.05) is 0 Å². The molecule has 1 aliphatic rings. The molecule has 0 amide bonds. The van der Waals surface area contributed by atoms with Crippen molar-refractivity contribution in [2.45, 2.75) is 31.6 Å². The van der Waals surface area contributed by atoms with Crippen molar-refractivity contribution in [1.82, 2.24) is 9.88 Å². The van der Waals surface area contributed by atoms with Crippen molar-refractivity contribution >= 4 is 16.5 Å². The quantitative estimate of drug-likeness (QED) is 0.892. The summed E-state index contributed by atoms with van der Waals surface area (Å²) in [5.74, 6) is 0. The Morgan fingerprint density at radius 3 is 2.62 bits per heavy atom. The van der Waals surface area contributed by atoms with Crippen LogP contribution < -0.4 is 5.73 Å². The lowest BCUT2D eigenvalue weighted by molar-refractivity contribution is -0.148. The van der Waals surface area contributed by atoms with Gasteiger partial charge in [0.1, 0.15) is 0 Å². The van der Waals surface area contributed by atoms with E-state index in [0.29, 0.717) is 10.8 Å². The van der Waals surface area contributed by atoms with Gasteiger partial charge in [-0.05, 0) is 12.8 Å². The molecule has 1 aliphatic carbocycles. The minimum Gasteiger partial charge on any atom is -0.375 e. The summed E-state index contributed by atoms with van der Waals surface area (Å²) in [6.07, 6.45) is -2.46. The van der Waals surface area contributed by atoms with Crippen LogP contribution >= 0.6 is 11.3 Å². The van der Waals surface area contributed by atoms with E-state index >= 15 is 0 Å². The number of anilines is 1. The van der Waals surface area contributed by atoms with Crippen LogP contribution in [0.25, 0.3) is 0 Å². The highest BCUT2D eigenvalue weighted by atomic mass is 32.1. The highest BCUT2D eigenvalue weighted by Crippen LogP contribution is 2.31. The lowest BCUT2D eigenvalue weighted by Gasteiger charge is -2.22. The molecule has 1 fully saturated rings. The van der Waals surface area contributed by atoms with Crippen molar-refractivity contribution in [3.63, 3.8) is 0 Å². The van der Waals surface area contributed by atoms with Crippen molar-refractivity contribution in [3.05, 3.63) is 11.1 Å². The number of nitrogens with two attached hydrogens (primary N) is 1. The highest BCUT2D eigenvalue weighted by Gasteiger charge is 2.38. The lowest BCUT2D eigenvalue weighted by atomic mass is 10.4. The first-order valence-electron chi connectivity index (χ1n) is 4.95. The topological polar surface area (TPSA) is 42.1 Å². The van der Waals surface area contributed by atoms with Gasteiger partial charge in [-0.2, -0.15) is 13.2 Å². The number of aromatic nitrogens is 1. The molecule has 1 saturated carbocycles. The Labute approximate surface area is 95.1 Å². The molecule has 7 heteroatoms. The SMILES string of the molecule is Nc1nc(CN(CC(F)(F)F)C2CC2)cs1. The summed E-state index contributed by atoms with van der Waals surface area (Å²) < 4.78 is 37.0. The molecule has 1 aromatic heterocycles. The van der Waals surface area contributed by atoms with Gasteiger partial charge in [-0.3, -0.25) is 4.90 Å². The molecule has 0 atom stereocenters. The van der Waals surface area contributed by atoms with Gasteiger partial charge in [-0.1, -0.05) is 0 Å². The van der Waals surface area contributed by atoms with Gasteiger partial charge >= 0.3 is 6.18 Å². The third-order valence-electron chi connectivity index (χ3n) is 2.38. The predicted molar refractivity (Wildman–Crippen MR) is 56.0 cm³/mol. The Balaban J connectivity index is 1.97. The van der Waals surface area contributed by atoms with Crippen molar-refractivity contribution in [1.29, 1.82) is 0 Å². The molecule has 0 unspecified atom stereocenters. The van der Waals surface area contributed by atoms with Crippen LogP contribution in [0.5, 0.6) is 0 Å². The minimum atomic E-state index is -4.15. The number of hydrogen-bond donors (Lipinski definition) is 1. The third kappa shape index (κ3) is 3.34. The summed E-state index contributed by atoms with van der Waals surface area (Å²) in [7, 11) is 0. The average Bonchev–Trinajstić information content (AvgIpc) is 2.89. The number of nitrogens with zero attached hydrogens (tertiary/aromatic N) is 2. The van der Waals surface area contributed by atoms with E-state index in [2.05, 4.69) is 4.98 Å². The molecule has 0 spiro atoms. The van der Waals surface area contributed by atoms with Crippen LogP contribution in [-0.2, 0) is 6.54 Å². The van der Waals surface area contributed by atoms with E-state index in [1.165, 1.54) is 16.2 Å². The molecule has 3 nitrogen and oxygen atoms in total. The standard InChI is InChI=1S/C9H12F3N3S/c10-9(11,12)5-15(7-1-2-7)3-6-4-16-8(13)14-6/h4,7H,1-3,5H2,(H2,13,14). The Hall–Kier alpha value is -0.820. The molecule has 0 aliphatic heterocycles. The molecule has 2 rings (SSSR count). The highest BCUT2D eigenvalue weighted by molar-refractivity contribution is 7.13. The molecular weight excluding hydrogens is 239 g/mol. The first-order chi connectivity index (χ1) is 7.44. The Morgan fingerprint density at radius 1 is 1.50 bits per heavy atom. The average molecular weight is 251 g/mol. The van der Waals surface area contributed by atoms with Gasteiger partial charge in [0.2, 0.25) is 0 Å². The van der Waals surface area contributed by atoms with Crippen LogP contribution in [-0.4, -0.2) is 28.6 Å². The lowest BCUT2D eigenvalue weighted by Crippen LogP contribution is -2.35. The minimum absolute atomic E-state index is 0.0598. The van der Waals surface area contributed by atoms with E-state index in [9.17, 15) is 13.2 Å². The van der Waals surface area contributed by atoms with Crippen molar-refractivity contribution < 1.29 is 13.2 Å². The predicted octanol–water partition coefficient (Wildman–Crippen LogP) is 2.25. The van der Waals surface area contributed by atoms with Gasteiger partial charge in [0, 0.05) is 18.0 Å².